The Hall–Kier alpha value is -0.160. The van der Waals surface area contributed by atoms with Crippen LogP contribution in [0.2, 0.25) is 0 Å². The molecule has 0 aromatic carbocycles. The molecule has 1 saturated heterocycles. The van der Waals surface area contributed by atoms with Gasteiger partial charge in [0.1, 0.15) is 0 Å². The fourth-order valence-electron chi connectivity index (χ4n) is 1.64. The van der Waals surface area contributed by atoms with Crippen LogP contribution in [0.4, 0.5) is 0 Å². The zero-order valence-electron chi connectivity index (χ0n) is 8.48. The van der Waals surface area contributed by atoms with E-state index >= 15 is 0 Å². The quantitative estimate of drug-likeness (QED) is 0.592. The predicted octanol–water partition coefficient (Wildman–Crippen LogP) is -1.02. The Bertz CT molecular complexity index is 143. The molecular weight excluding hydrogens is 168 g/mol. The lowest BCUT2D eigenvalue weighted by molar-refractivity contribution is 0.0572. The molecule has 1 fully saturated rings. The molecule has 78 valence electrons. The Balaban J connectivity index is 2.10. The molecule has 1 rings (SSSR count). The monoisotopic (exact) mass is 188 g/mol. The Kier molecular flexibility index (Phi) is 4.12. The third-order valence-corrected chi connectivity index (χ3v) is 2.41. The first-order valence-corrected chi connectivity index (χ1v) is 4.83. The van der Waals surface area contributed by atoms with Gasteiger partial charge in [-0.15, -0.1) is 0 Å². The van der Waals surface area contributed by atoms with Crippen molar-refractivity contribution >= 4 is 0 Å². The van der Waals surface area contributed by atoms with Gasteiger partial charge < -0.3 is 15.1 Å². The van der Waals surface area contributed by atoms with Gasteiger partial charge in [0, 0.05) is 13.1 Å². The van der Waals surface area contributed by atoms with Crippen LogP contribution in [0, 0.1) is 0 Å². The lowest BCUT2D eigenvalue weighted by Crippen LogP contribution is -2.26. The van der Waals surface area contributed by atoms with Crippen molar-refractivity contribution in [3.8, 4) is 0 Å². The standard InChI is InChI=1S/C9H20N2O2/c1-10(2)4-3-5-11-6-8(12)9(13)7-11/h8-9,12-13H,3-7H2,1-2H3/t8-,9+. The molecule has 0 aliphatic carbocycles. The molecule has 4 nitrogen and oxygen atoms in total. The van der Waals surface area contributed by atoms with Crippen LogP contribution < -0.4 is 0 Å². The van der Waals surface area contributed by atoms with E-state index < -0.39 is 12.2 Å². The van der Waals surface area contributed by atoms with Gasteiger partial charge in [0.05, 0.1) is 12.2 Å². The summed E-state index contributed by atoms with van der Waals surface area (Å²) >= 11 is 0. The molecule has 1 aliphatic heterocycles. The van der Waals surface area contributed by atoms with Gasteiger partial charge in [-0.3, -0.25) is 4.90 Å². The van der Waals surface area contributed by atoms with Crippen LogP contribution in [0.3, 0.4) is 0 Å². The third-order valence-electron chi connectivity index (χ3n) is 2.41. The van der Waals surface area contributed by atoms with Crippen molar-refractivity contribution in [2.24, 2.45) is 0 Å². The molecule has 0 saturated carbocycles. The highest BCUT2D eigenvalue weighted by Gasteiger charge is 2.28. The second kappa shape index (κ2) is 4.91. The number of hydrogen-bond donors (Lipinski definition) is 2. The molecule has 2 N–H and O–H groups in total. The van der Waals surface area contributed by atoms with Crippen LogP contribution in [0.5, 0.6) is 0 Å². The Labute approximate surface area is 79.8 Å². The summed E-state index contributed by atoms with van der Waals surface area (Å²) in [4.78, 5) is 4.25. The molecule has 1 aliphatic rings. The van der Waals surface area contributed by atoms with Crippen LogP contribution in [0.15, 0.2) is 0 Å². The number of likely N-dealkylation sites (tertiary alicyclic amines) is 1. The molecule has 0 amide bonds. The molecule has 0 aromatic rings. The van der Waals surface area contributed by atoms with Gasteiger partial charge in [-0.2, -0.15) is 0 Å². The van der Waals surface area contributed by atoms with Gasteiger partial charge in [0.15, 0.2) is 0 Å². The van der Waals surface area contributed by atoms with Crippen molar-refractivity contribution in [1.82, 2.24) is 9.80 Å². The highest BCUT2D eigenvalue weighted by molar-refractivity contribution is 4.82. The van der Waals surface area contributed by atoms with Gasteiger partial charge in [-0.25, -0.2) is 0 Å². The van der Waals surface area contributed by atoms with Crippen molar-refractivity contribution in [2.75, 3.05) is 40.3 Å². The largest absolute Gasteiger partial charge is 0.389 e. The molecule has 0 aromatic heterocycles. The minimum Gasteiger partial charge on any atom is -0.389 e. The van der Waals surface area contributed by atoms with Crippen LogP contribution in [0.1, 0.15) is 6.42 Å². The molecule has 1 heterocycles. The molecule has 0 spiro atoms. The van der Waals surface area contributed by atoms with E-state index in [9.17, 15) is 10.2 Å². The van der Waals surface area contributed by atoms with Crippen LogP contribution in [0.25, 0.3) is 0 Å². The predicted molar refractivity (Wildman–Crippen MR) is 51.6 cm³/mol. The molecular formula is C9H20N2O2. The number of hydrogen-bond acceptors (Lipinski definition) is 4. The Morgan fingerprint density at radius 2 is 1.77 bits per heavy atom. The molecule has 0 radical (unpaired) electrons. The first-order valence-electron chi connectivity index (χ1n) is 4.83. The average molecular weight is 188 g/mol. The SMILES string of the molecule is CN(C)CCCN1C[C@@H](O)[C@@H](O)C1. The van der Waals surface area contributed by atoms with Gasteiger partial charge in [0.25, 0.3) is 0 Å². The van der Waals surface area contributed by atoms with Crippen molar-refractivity contribution in [3.05, 3.63) is 0 Å². The number of aliphatic hydroxyl groups excluding tert-OH is 2. The third kappa shape index (κ3) is 3.60. The van der Waals surface area contributed by atoms with Crippen LogP contribution >= 0.6 is 0 Å². The summed E-state index contributed by atoms with van der Waals surface area (Å²) in [5.41, 5.74) is 0. The number of β-amino-alcohol motifs (C(OH)–C–C–N with tert-alkyl or cyclic N) is 2. The van der Waals surface area contributed by atoms with Gasteiger partial charge >= 0.3 is 0 Å². The number of aliphatic hydroxyl groups is 2. The molecule has 0 bridgehead atoms. The van der Waals surface area contributed by atoms with Crippen molar-refractivity contribution in [3.63, 3.8) is 0 Å². The Morgan fingerprint density at radius 1 is 1.23 bits per heavy atom. The van der Waals surface area contributed by atoms with Gasteiger partial charge in [-0.1, -0.05) is 0 Å². The molecule has 2 atom stereocenters. The normalized spacial score (nSPS) is 30.2. The summed E-state index contributed by atoms with van der Waals surface area (Å²) < 4.78 is 0. The fraction of sp³-hybridized carbons (Fsp3) is 1.00. The summed E-state index contributed by atoms with van der Waals surface area (Å²) in [6.07, 6.45) is 0.00520. The maximum absolute atomic E-state index is 9.27. The van der Waals surface area contributed by atoms with Crippen molar-refractivity contribution in [2.45, 2.75) is 18.6 Å². The topological polar surface area (TPSA) is 46.9 Å². The van der Waals surface area contributed by atoms with E-state index in [4.69, 9.17) is 0 Å². The highest BCUT2D eigenvalue weighted by atomic mass is 16.3. The second-order valence-electron chi connectivity index (χ2n) is 4.05. The lowest BCUT2D eigenvalue weighted by atomic mass is 10.3. The molecule has 13 heavy (non-hydrogen) atoms. The number of rotatable bonds is 4. The first-order chi connectivity index (χ1) is 6.09. The summed E-state index contributed by atoms with van der Waals surface area (Å²) in [5.74, 6) is 0. The van der Waals surface area contributed by atoms with Crippen LogP contribution in [-0.2, 0) is 0 Å². The van der Waals surface area contributed by atoms with Crippen molar-refractivity contribution < 1.29 is 10.2 Å². The number of nitrogens with zero attached hydrogens (tertiary/aromatic N) is 2. The maximum Gasteiger partial charge on any atom is 0.0938 e. The smallest absolute Gasteiger partial charge is 0.0938 e. The van der Waals surface area contributed by atoms with E-state index in [1.54, 1.807) is 0 Å². The van der Waals surface area contributed by atoms with E-state index in [0.717, 1.165) is 19.5 Å². The van der Waals surface area contributed by atoms with E-state index in [0.29, 0.717) is 13.1 Å². The summed E-state index contributed by atoms with van der Waals surface area (Å²) in [7, 11) is 4.10. The second-order valence-corrected chi connectivity index (χ2v) is 4.05. The molecule has 4 heteroatoms. The van der Waals surface area contributed by atoms with Crippen LogP contribution in [-0.4, -0.2) is 72.5 Å². The van der Waals surface area contributed by atoms with E-state index in [-0.39, 0.29) is 0 Å². The summed E-state index contributed by atoms with van der Waals surface area (Å²) in [6.45, 7) is 3.26. The zero-order chi connectivity index (χ0) is 9.84. The summed E-state index contributed by atoms with van der Waals surface area (Å²) in [6, 6.07) is 0. The highest BCUT2D eigenvalue weighted by Crippen LogP contribution is 2.09. The molecule has 0 unspecified atom stereocenters. The fourth-order valence-corrected chi connectivity index (χ4v) is 1.64. The van der Waals surface area contributed by atoms with Gasteiger partial charge in [0.2, 0.25) is 0 Å². The average Bonchev–Trinajstić information content (AvgIpc) is 2.30. The summed E-state index contributed by atoms with van der Waals surface area (Å²) in [5, 5.41) is 18.5. The van der Waals surface area contributed by atoms with Crippen molar-refractivity contribution in [1.29, 1.82) is 0 Å². The lowest BCUT2D eigenvalue weighted by Gasteiger charge is -2.16. The first kappa shape index (κ1) is 10.9. The minimum absolute atomic E-state index is 0.542. The Morgan fingerprint density at radius 3 is 2.23 bits per heavy atom. The van der Waals surface area contributed by atoms with E-state index in [1.165, 1.54) is 0 Å². The van der Waals surface area contributed by atoms with E-state index in [1.807, 2.05) is 14.1 Å². The maximum atomic E-state index is 9.27. The van der Waals surface area contributed by atoms with E-state index in [2.05, 4.69) is 9.80 Å². The zero-order valence-corrected chi connectivity index (χ0v) is 8.48. The minimum atomic E-state index is -0.542. The van der Waals surface area contributed by atoms with Gasteiger partial charge in [-0.05, 0) is 33.6 Å².